The van der Waals surface area contributed by atoms with Crippen LogP contribution >= 0.6 is 0 Å². The van der Waals surface area contributed by atoms with Gasteiger partial charge in [-0.2, -0.15) is 0 Å². The minimum absolute atomic E-state index is 0.0244. The van der Waals surface area contributed by atoms with Crippen molar-refractivity contribution < 1.29 is 0 Å². The highest BCUT2D eigenvalue weighted by Crippen LogP contribution is 2.32. The lowest BCUT2D eigenvalue weighted by Gasteiger charge is -2.10. The summed E-state index contributed by atoms with van der Waals surface area (Å²) in [6, 6.07) is 6.38. The van der Waals surface area contributed by atoms with E-state index in [1.807, 2.05) is 0 Å². The number of aryl methyl sites for hydroxylation is 1. The van der Waals surface area contributed by atoms with Crippen molar-refractivity contribution in [3.8, 4) is 11.3 Å². The fraction of sp³-hybridized carbons (Fsp3) is 0.278. The molecule has 1 atom stereocenters. The number of nitrogen functional groups attached to an aromatic ring is 1. The van der Waals surface area contributed by atoms with Gasteiger partial charge in [0.1, 0.15) is 5.82 Å². The predicted octanol–water partition coefficient (Wildman–Crippen LogP) is 2.27. The number of nitrogens with two attached hydrogens (primary N) is 2. The molecule has 6 N–H and O–H groups in total. The molecule has 6 heteroatoms. The molecule has 0 bridgehead atoms. The summed E-state index contributed by atoms with van der Waals surface area (Å²) in [5.41, 5.74) is 16.5. The molecule has 0 spiro atoms. The summed E-state index contributed by atoms with van der Waals surface area (Å²) in [6.07, 6.45) is 7.56. The topological polar surface area (TPSA) is 114 Å². The van der Waals surface area contributed by atoms with E-state index in [-0.39, 0.29) is 5.96 Å². The van der Waals surface area contributed by atoms with E-state index in [1.165, 1.54) is 11.1 Å². The molecule has 0 amide bonds. The molecular weight excluding hydrogens is 300 g/mol. The number of hydrogen-bond acceptors (Lipinski definition) is 4. The molecule has 3 rings (SSSR count). The SMILES string of the molecule is CC1C=Cc2ccc(-c3cnc(N)c(CCCNC(=N)N)n3)cc21. The lowest BCUT2D eigenvalue weighted by Crippen LogP contribution is -2.31. The second-order valence-electron chi connectivity index (χ2n) is 6.02. The van der Waals surface area contributed by atoms with E-state index in [9.17, 15) is 0 Å². The molecule has 2 aromatic rings. The Kier molecular flexibility index (Phi) is 4.46. The number of anilines is 1. The summed E-state index contributed by atoms with van der Waals surface area (Å²) in [5, 5.41) is 9.93. The first-order chi connectivity index (χ1) is 11.5. The molecule has 0 saturated carbocycles. The summed E-state index contributed by atoms with van der Waals surface area (Å²) in [7, 11) is 0. The molecule has 0 aliphatic heterocycles. The molecule has 0 saturated heterocycles. The Hall–Kier alpha value is -2.89. The summed E-state index contributed by atoms with van der Waals surface area (Å²) in [4.78, 5) is 8.98. The molecule has 0 radical (unpaired) electrons. The van der Waals surface area contributed by atoms with Crippen LogP contribution in [0.5, 0.6) is 0 Å². The standard InChI is InChI=1S/C18H22N6/c1-11-4-5-12-6-7-13(9-14(11)12)16-10-23-17(19)15(24-16)3-2-8-22-18(20)21/h4-7,9-11H,2-3,8H2,1H3,(H2,19,23)(H4,20,21,22). The van der Waals surface area contributed by atoms with Crippen LogP contribution in [0.15, 0.2) is 30.5 Å². The number of nitrogens with one attached hydrogen (secondary N) is 2. The quantitative estimate of drug-likeness (QED) is 0.383. The molecule has 24 heavy (non-hydrogen) atoms. The Bertz CT molecular complexity index is 796. The zero-order valence-electron chi connectivity index (χ0n) is 13.7. The molecule has 6 nitrogen and oxygen atoms in total. The van der Waals surface area contributed by atoms with Crippen molar-refractivity contribution in [3.05, 3.63) is 47.3 Å². The Morgan fingerprint density at radius 1 is 1.38 bits per heavy atom. The van der Waals surface area contributed by atoms with Crippen molar-refractivity contribution in [1.82, 2.24) is 15.3 Å². The Balaban J connectivity index is 1.78. The fourth-order valence-corrected chi connectivity index (χ4v) is 2.87. The van der Waals surface area contributed by atoms with Gasteiger partial charge >= 0.3 is 0 Å². The number of rotatable bonds is 5. The number of aromatic nitrogens is 2. The third kappa shape index (κ3) is 3.37. The van der Waals surface area contributed by atoms with Gasteiger partial charge in [-0.05, 0) is 36.0 Å². The van der Waals surface area contributed by atoms with Gasteiger partial charge < -0.3 is 16.8 Å². The first-order valence-electron chi connectivity index (χ1n) is 8.06. The van der Waals surface area contributed by atoms with Crippen LogP contribution in [-0.2, 0) is 6.42 Å². The van der Waals surface area contributed by atoms with Crippen molar-refractivity contribution >= 4 is 17.9 Å². The second-order valence-corrected chi connectivity index (χ2v) is 6.02. The van der Waals surface area contributed by atoms with Crippen LogP contribution in [0, 0.1) is 5.41 Å². The maximum atomic E-state index is 7.15. The minimum Gasteiger partial charge on any atom is -0.382 e. The third-order valence-electron chi connectivity index (χ3n) is 4.22. The summed E-state index contributed by atoms with van der Waals surface area (Å²) in [5.74, 6) is 0.861. The van der Waals surface area contributed by atoms with Crippen LogP contribution in [0.3, 0.4) is 0 Å². The number of nitrogens with zero attached hydrogens (tertiary/aromatic N) is 2. The predicted molar refractivity (Wildman–Crippen MR) is 97.6 cm³/mol. The number of benzene rings is 1. The molecular formula is C18H22N6. The van der Waals surface area contributed by atoms with E-state index in [2.05, 4.69) is 52.6 Å². The lowest BCUT2D eigenvalue weighted by atomic mass is 9.98. The van der Waals surface area contributed by atoms with Crippen LogP contribution in [0.4, 0.5) is 5.82 Å². The minimum atomic E-state index is -0.0244. The van der Waals surface area contributed by atoms with Crippen LogP contribution in [0.25, 0.3) is 17.3 Å². The molecule has 1 heterocycles. The Labute approximate surface area is 141 Å². The first kappa shape index (κ1) is 16.0. The van der Waals surface area contributed by atoms with Gasteiger partial charge in [-0.15, -0.1) is 0 Å². The van der Waals surface area contributed by atoms with Crippen molar-refractivity contribution in [1.29, 1.82) is 5.41 Å². The van der Waals surface area contributed by atoms with Gasteiger partial charge in [0.2, 0.25) is 0 Å². The largest absolute Gasteiger partial charge is 0.382 e. The van der Waals surface area contributed by atoms with Gasteiger partial charge in [0.05, 0.1) is 17.6 Å². The highest BCUT2D eigenvalue weighted by molar-refractivity contribution is 5.74. The molecule has 1 unspecified atom stereocenters. The van der Waals surface area contributed by atoms with Gasteiger partial charge in [0.25, 0.3) is 0 Å². The van der Waals surface area contributed by atoms with Crippen molar-refractivity contribution in [2.24, 2.45) is 5.73 Å². The van der Waals surface area contributed by atoms with E-state index >= 15 is 0 Å². The van der Waals surface area contributed by atoms with E-state index in [0.29, 0.717) is 24.7 Å². The van der Waals surface area contributed by atoms with Gasteiger partial charge in [0.15, 0.2) is 5.96 Å². The average Bonchev–Trinajstić information content (AvgIpc) is 2.93. The smallest absolute Gasteiger partial charge is 0.185 e. The van der Waals surface area contributed by atoms with Crippen LogP contribution in [0.2, 0.25) is 0 Å². The van der Waals surface area contributed by atoms with Crippen molar-refractivity contribution in [3.63, 3.8) is 0 Å². The normalized spacial score (nSPS) is 15.3. The monoisotopic (exact) mass is 322 g/mol. The highest BCUT2D eigenvalue weighted by atomic mass is 15.0. The zero-order chi connectivity index (χ0) is 17.1. The number of fused-ring (bicyclic) bond motifs is 1. The first-order valence-corrected chi connectivity index (χ1v) is 8.06. The molecule has 124 valence electrons. The van der Waals surface area contributed by atoms with Crippen LogP contribution < -0.4 is 16.8 Å². The summed E-state index contributed by atoms with van der Waals surface area (Å²) >= 11 is 0. The number of hydrogen-bond donors (Lipinski definition) is 4. The fourth-order valence-electron chi connectivity index (χ4n) is 2.87. The molecule has 1 aromatic carbocycles. The summed E-state index contributed by atoms with van der Waals surface area (Å²) < 4.78 is 0. The van der Waals surface area contributed by atoms with E-state index < -0.39 is 0 Å². The Morgan fingerprint density at radius 2 is 2.21 bits per heavy atom. The van der Waals surface area contributed by atoms with E-state index in [1.54, 1.807) is 6.20 Å². The molecule has 1 aliphatic rings. The van der Waals surface area contributed by atoms with Crippen LogP contribution in [-0.4, -0.2) is 22.5 Å². The van der Waals surface area contributed by atoms with Crippen LogP contribution in [0.1, 0.15) is 36.1 Å². The number of guanidine groups is 1. The van der Waals surface area contributed by atoms with Gasteiger partial charge in [-0.1, -0.05) is 31.2 Å². The zero-order valence-corrected chi connectivity index (χ0v) is 13.7. The van der Waals surface area contributed by atoms with Crippen molar-refractivity contribution in [2.45, 2.75) is 25.7 Å². The maximum Gasteiger partial charge on any atom is 0.185 e. The van der Waals surface area contributed by atoms with E-state index in [4.69, 9.17) is 16.9 Å². The summed E-state index contributed by atoms with van der Waals surface area (Å²) in [6.45, 7) is 2.80. The van der Waals surface area contributed by atoms with Gasteiger partial charge in [0, 0.05) is 12.1 Å². The molecule has 0 fully saturated rings. The Morgan fingerprint density at radius 3 is 3.00 bits per heavy atom. The van der Waals surface area contributed by atoms with Gasteiger partial charge in [-0.25, -0.2) is 9.97 Å². The number of allylic oxidation sites excluding steroid dienone is 1. The van der Waals surface area contributed by atoms with Crippen molar-refractivity contribution in [2.75, 3.05) is 12.3 Å². The highest BCUT2D eigenvalue weighted by Gasteiger charge is 2.14. The molecule has 1 aliphatic carbocycles. The third-order valence-corrected chi connectivity index (χ3v) is 4.22. The van der Waals surface area contributed by atoms with E-state index in [0.717, 1.165) is 23.4 Å². The average molecular weight is 322 g/mol. The van der Waals surface area contributed by atoms with Gasteiger partial charge in [-0.3, -0.25) is 5.41 Å². The molecule has 1 aromatic heterocycles. The lowest BCUT2D eigenvalue weighted by molar-refractivity contribution is 0.753. The second kappa shape index (κ2) is 6.70. The maximum absolute atomic E-state index is 7.15.